The number of nitrogens with zero attached hydrogens (tertiary/aromatic N) is 1. The standard InChI is InChI=1S/C10H11F2NO3/c1-5-4-6(10(14)16-3)9(15-2)13-7(5)8(11)12/h4,8H,1-3H3. The largest absolute Gasteiger partial charge is 0.480 e. The Hall–Kier alpha value is -1.72. The quantitative estimate of drug-likeness (QED) is 0.747. The summed E-state index contributed by atoms with van der Waals surface area (Å²) in [4.78, 5) is 14.9. The SMILES string of the molecule is COC(=O)c1cc(C)c(C(F)F)nc1OC. The molecule has 88 valence electrons. The molecular weight excluding hydrogens is 220 g/mol. The lowest BCUT2D eigenvalue weighted by molar-refractivity contribution is 0.0595. The predicted octanol–water partition coefficient (Wildman–Crippen LogP) is 2.12. The van der Waals surface area contributed by atoms with Gasteiger partial charge in [0.2, 0.25) is 5.88 Å². The van der Waals surface area contributed by atoms with Crippen LogP contribution < -0.4 is 4.74 Å². The van der Waals surface area contributed by atoms with Crippen LogP contribution in [0.2, 0.25) is 0 Å². The van der Waals surface area contributed by atoms with E-state index in [2.05, 4.69) is 9.72 Å². The lowest BCUT2D eigenvalue weighted by Crippen LogP contribution is -2.08. The first-order chi connectivity index (χ1) is 7.51. The first-order valence-corrected chi connectivity index (χ1v) is 4.43. The molecule has 0 aliphatic heterocycles. The Morgan fingerprint density at radius 1 is 1.44 bits per heavy atom. The molecule has 0 N–H and O–H groups in total. The Bertz CT molecular complexity index is 407. The van der Waals surface area contributed by atoms with Crippen LogP contribution in [0.3, 0.4) is 0 Å². The van der Waals surface area contributed by atoms with Crippen molar-refractivity contribution in [1.82, 2.24) is 4.98 Å². The summed E-state index contributed by atoms with van der Waals surface area (Å²) in [6.45, 7) is 1.44. The molecule has 0 spiro atoms. The van der Waals surface area contributed by atoms with Gasteiger partial charge in [0.25, 0.3) is 6.43 Å². The minimum Gasteiger partial charge on any atom is -0.480 e. The second-order valence-electron chi connectivity index (χ2n) is 3.04. The van der Waals surface area contributed by atoms with Crippen molar-refractivity contribution in [3.63, 3.8) is 0 Å². The van der Waals surface area contributed by atoms with E-state index in [1.807, 2.05) is 0 Å². The fraction of sp³-hybridized carbons (Fsp3) is 0.400. The molecule has 1 rings (SSSR count). The van der Waals surface area contributed by atoms with Crippen LogP contribution in [0.5, 0.6) is 5.88 Å². The molecule has 0 saturated carbocycles. The molecule has 4 nitrogen and oxygen atoms in total. The van der Waals surface area contributed by atoms with Gasteiger partial charge in [0.15, 0.2) is 0 Å². The van der Waals surface area contributed by atoms with E-state index in [4.69, 9.17) is 4.74 Å². The normalized spacial score (nSPS) is 10.4. The van der Waals surface area contributed by atoms with Crippen LogP contribution >= 0.6 is 0 Å². The second kappa shape index (κ2) is 4.87. The molecule has 0 saturated heterocycles. The molecule has 1 aromatic heterocycles. The van der Waals surface area contributed by atoms with E-state index in [-0.39, 0.29) is 17.0 Å². The number of pyridine rings is 1. The molecule has 0 amide bonds. The van der Waals surface area contributed by atoms with Crippen molar-refractivity contribution in [3.05, 3.63) is 22.9 Å². The molecule has 6 heteroatoms. The highest BCUT2D eigenvalue weighted by molar-refractivity contribution is 5.92. The summed E-state index contributed by atoms with van der Waals surface area (Å²) in [5.41, 5.74) is -0.146. The molecule has 0 radical (unpaired) electrons. The van der Waals surface area contributed by atoms with Crippen molar-refractivity contribution in [3.8, 4) is 5.88 Å². The summed E-state index contributed by atoms with van der Waals surface area (Å²) in [5, 5.41) is 0. The fourth-order valence-corrected chi connectivity index (χ4v) is 1.24. The highest BCUT2D eigenvalue weighted by Crippen LogP contribution is 2.26. The predicted molar refractivity (Wildman–Crippen MR) is 51.8 cm³/mol. The number of methoxy groups -OCH3 is 2. The van der Waals surface area contributed by atoms with E-state index < -0.39 is 18.1 Å². The highest BCUT2D eigenvalue weighted by Gasteiger charge is 2.20. The molecule has 16 heavy (non-hydrogen) atoms. The van der Waals surface area contributed by atoms with E-state index in [1.54, 1.807) is 0 Å². The van der Waals surface area contributed by atoms with Gasteiger partial charge >= 0.3 is 5.97 Å². The molecule has 0 unspecified atom stereocenters. The molecule has 1 aromatic rings. The van der Waals surface area contributed by atoms with Gasteiger partial charge in [-0.3, -0.25) is 0 Å². The summed E-state index contributed by atoms with van der Waals surface area (Å²) in [5.74, 6) is -0.832. The number of hydrogen-bond donors (Lipinski definition) is 0. The maximum Gasteiger partial charge on any atom is 0.343 e. The van der Waals surface area contributed by atoms with E-state index in [0.29, 0.717) is 0 Å². The first-order valence-electron chi connectivity index (χ1n) is 4.43. The number of ether oxygens (including phenoxy) is 2. The van der Waals surface area contributed by atoms with Crippen LogP contribution in [-0.4, -0.2) is 25.2 Å². The zero-order valence-electron chi connectivity index (χ0n) is 9.08. The molecule has 0 fully saturated rings. The minimum absolute atomic E-state index is 0.0342. The van der Waals surface area contributed by atoms with Crippen LogP contribution in [0.4, 0.5) is 8.78 Å². The van der Waals surface area contributed by atoms with Gasteiger partial charge in [-0.1, -0.05) is 0 Å². The van der Waals surface area contributed by atoms with Crippen molar-refractivity contribution in [2.24, 2.45) is 0 Å². The maximum atomic E-state index is 12.5. The number of rotatable bonds is 3. The summed E-state index contributed by atoms with van der Waals surface area (Å²) in [6, 6.07) is 1.28. The van der Waals surface area contributed by atoms with Gasteiger partial charge in [-0.05, 0) is 18.6 Å². The van der Waals surface area contributed by atoms with Gasteiger partial charge in [0.05, 0.1) is 14.2 Å². The molecule has 0 bridgehead atoms. The minimum atomic E-state index is -2.71. The van der Waals surface area contributed by atoms with Gasteiger partial charge in [-0.2, -0.15) is 0 Å². The summed E-state index contributed by atoms with van der Waals surface area (Å²) in [7, 11) is 2.44. The van der Waals surface area contributed by atoms with Gasteiger partial charge in [-0.15, -0.1) is 0 Å². The van der Waals surface area contributed by atoms with Gasteiger partial charge < -0.3 is 9.47 Å². The Balaban J connectivity index is 3.32. The Labute approximate surface area is 91.2 Å². The number of carbonyl (C=O) groups excluding carboxylic acids is 1. The number of aryl methyl sites for hydroxylation is 1. The average molecular weight is 231 g/mol. The Morgan fingerprint density at radius 2 is 2.06 bits per heavy atom. The summed E-state index contributed by atoms with van der Waals surface area (Å²) < 4.78 is 34.3. The Kier molecular flexibility index (Phi) is 3.76. The van der Waals surface area contributed by atoms with Crippen molar-refractivity contribution in [2.75, 3.05) is 14.2 Å². The third kappa shape index (κ3) is 2.26. The monoisotopic (exact) mass is 231 g/mol. The zero-order valence-corrected chi connectivity index (χ0v) is 9.08. The number of aromatic nitrogens is 1. The third-order valence-electron chi connectivity index (χ3n) is 2.02. The molecule has 1 heterocycles. The Morgan fingerprint density at radius 3 is 2.50 bits per heavy atom. The summed E-state index contributed by atoms with van der Waals surface area (Å²) >= 11 is 0. The fourth-order valence-electron chi connectivity index (χ4n) is 1.24. The lowest BCUT2D eigenvalue weighted by atomic mass is 10.1. The maximum absolute atomic E-state index is 12.5. The van der Waals surface area contributed by atoms with Gasteiger partial charge in [0.1, 0.15) is 11.3 Å². The van der Waals surface area contributed by atoms with Crippen LogP contribution in [0, 0.1) is 6.92 Å². The number of esters is 1. The lowest BCUT2D eigenvalue weighted by Gasteiger charge is -2.10. The van der Waals surface area contributed by atoms with Gasteiger partial charge in [0, 0.05) is 0 Å². The number of alkyl halides is 2. The smallest absolute Gasteiger partial charge is 0.343 e. The molecule has 0 aromatic carbocycles. The number of halogens is 2. The molecule has 0 aliphatic carbocycles. The van der Waals surface area contributed by atoms with Crippen molar-refractivity contribution < 1.29 is 23.0 Å². The van der Waals surface area contributed by atoms with Crippen LogP contribution in [0.15, 0.2) is 6.07 Å². The number of carbonyl (C=O) groups is 1. The first kappa shape index (κ1) is 12.4. The molecule has 0 aliphatic rings. The van der Waals surface area contributed by atoms with Crippen molar-refractivity contribution in [2.45, 2.75) is 13.3 Å². The topological polar surface area (TPSA) is 48.4 Å². The van der Waals surface area contributed by atoms with E-state index in [1.165, 1.54) is 27.2 Å². The van der Waals surface area contributed by atoms with Crippen molar-refractivity contribution >= 4 is 5.97 Å². The number of hydrogen-bond acceptors (Lipinski definition) is 4. The summed E-state index contributed by atoms with van der Waals surface area (Å²) in [6.07, 6.45) is -2.71. The van der Waals surface area contributed by atoms with E-state index in [0.717, 1.165) is 0 Å². The third-order valence-corrected chi connectivity index (χ3v) is 2.02. The van der Waals surface area contributed by atoms with Crippen LogP contribution in [0.1, 0.15) is 28.0 Å². The van der Waals surface area contributed by atoms with E-state index >= 15 is 0 Å². The highest BCUT2D eigenvalue weighted by atomic mass is 19.3. The average Bonchev–Trinajstić information content (AvgIpc) is 2.27. The van der Waals surface area contributed by atoms with Crippen LogP contribution in [-0.2, 0) is 4.74 Å². The van der Waals surface area contributed by atoms with Gasteiger partial charge in [-0.25, -0.2) is 18.6 Å². The van der Waals surface area contributed by atoms with Crippen molar-refractivity contribution in [1.29, 1.82) is 0 Å². The van der Waals surface area contributed by atoms with Crippen LogP contribution in [0.25, 0.3) is 0 Å². The molecular formula is C10H11F2NO3. The second-order valence-corrected chi connectivity index (χ2v) is 3.04. The zero-order chi connectivity index (χ0) is 12.3. The molecule has 0 atom stereocenters. The van der Waals surface area contributed by atoms with E-state index in [9.17, 15) is 13.6 Å².